The average molecular weight is 375 g/mol. The highest BCUT2D eigenvalue weighted by molar-refractivity contribution is 5.33. The molecule has 3 aromatic rings. The van der Waals surface area contributed by atoms with Crippen LogP contribution in [-0.4, -0.2) is 9.55 Å². The number of hydrogen-bond donors (Lipinski definition) is 0. The van der Waals surface area contributed by atoms with Crippen molar-refractivity contribution >= 4 is 0 Å². The van der Waals surface area contributed by atoms with E-state index in [9.17, 15) is 0 Å². The molecule has 0 N–H and O–H groups in total. The highest BCUT2D eigenvalue weighted by Gasteiger charge is 2.39. The monoisotopic (exact) mass is 374 g/mol. The van der Waals surface area contributed by atoms with Crippen LogP contribution in [0.5, 0.6) is 0 Å². The van der Waals surface area contributed by atoms with Crippen LogP contribution in [0, 0.1) is 0 Å². The van der Waals surface area contributed by atoms with Crippen LogP contribution in [-0.2, 0) is 11.8 Å². The Morgan fingerprint density at radius 2 is 1.61 bits per heavy atom. The molecule has 0 spiro atoms. The van der Waals surface area contributed by atoms with Crippen molar-refractivity contribution in [2.24, 2.45) is 0 Å². The molecule has 0 aliphatic rings. The molecule has 0 radical (unpaired) electrons. The smallest absolute Gasteiger partial charge is 0.112 e. The third-order valence-corrected chi connectivity index (χ3v) is 6.03. The number of aromatic nitrogens is 2. The Balaban J connectivity index is 2.12. The number of rotatable bonds is 9. The molecule has 2 aromatic carbocycles. The predicted molar refractivity (Wildman–Crippen MR) is 119 cm³/mol. The first-order valence-corrected chi connectivity index (χ1v) is 10.7. The molecule has 0 bridgehead atoms. The fourth-order valence-corrected chi connectivity index (χ4v) is 4.44. The first kappa shape index (κ1) is 20.4. The molecule has 2 unspecified atom stereocenters. The Labute approximate surface area is 170 Å². The third kappa shape index (κ3) is 4.38. The van der Waals surface area contributed by atoms with Gasteiger partial charge in [-0.05, 0) is 37.8 Å². The Bertz CT molecular complexity index is 835. The lowest BCUT2D eigenvalue weighted by atomic mass is 9.66. The van der Waals surface area contributed by atoms with Gasteiger partial charge in [0.25, 0.3) is 0 Å². The van der Waals surface area contributed by atoms with E-state index in [2.05, 4.69) is 99.1 Å². The second-order valence-electron chi connectivity index (χ2n) is 8.43. The van der Waals surface area contributed by atoms with Crippen LogP contribution >= 0.6 is 0 Å². The summed E-state index contributed by atoms with van der Waals surface area (Å²) < 4.78 is 2.37. The molecule has 2 atom stereocenters. The molecular weight excluding hydrogens is 340 g/mol. The van der Waals surface area contributed by atoms with Crippen molar-refractivity contribution in [1.82, 2.24) is 9.55 Å². The van der Waals surface area contributed by atoms with Gasteiger partial charge in [-0.25, -0.2) is 4.98 Å². The van der Waals surface area contributed by atoms with Crippen LogP contribution in [0.2, 0.25) is 0 Å². The van der Waals surface area contributed by atoms with Gasteiger partial charge in [0.1, 0.15) is 5.82 Å². The van der Waals surface area contributed by atoms with E-state index >= 15 is 0 Å². The first-order chi connectivity index (χ1) is 13.6. The molecule has 0 aliphatic carbocycles. The number of benzene rings is 2. The van der Waals surface area contributed by atoms with Gasteiger partial charge in [0.15, 0.2) is 0 Å². The summed E-state index contributed by atoms with van der Waals surface area (Å²) >= 11 is 0. The number of hydrogen-bond acceptors (Lipinski definition) is 1. The maximum absolute atomic E-state index is 4.89. The minimum absolute atomic E-state index is 0.0181. The van der Waals surface area contributed by atoms with Crippen LogP contribution < -0.4 is 0 Å². The zero-order chi connectivity index (χ0) is 20.0. The standard InChI is InChI=1S/C26H34N2/c1-5-6-17-24(25-27-18-19-28(25)21(2)3)26(4,23-15-11-8-12-16-23)20-22-13-9-7-10-14-22/h7-16,18-19,21,24H,5-6,17,20H2,1-4H3. The van der Waals surface area contributed by atoms with E-state index in [1.54, 1.807) is 0 Å². The normalized spacial score (nSPS) is 14.8. The summed E-state index contributed by atoms with van der Waals surface area (Å²) in [5.74, 6) is 1.60. The van der Waals surface area contributed by atoms with Crippen LogP contribution in [0.1, 0.15) is 75.9 Å². The molecule has 0 saturated carbocycles. The maximum Gasteiger partial charge on any atom is 0.112 e. The van der Waals surface area contributed by atoms with Crippen LogP contribution in [0.3, 0.4) is 0 Å². The van der Waals surface area contributed by atoms with Gasteiger partial charge < -0.3 is 4.57 Å². The molecule has 2 nitrogen and oxygen atoms in total. The summed E-state index contributed by atoms with van der Waals surface area (Å²) in [5.41, 5.74) is 2.77. The summed E-state index contributed by atoms with van der Waals surface area (Å²) in [7, 11) is 0. The number of nitrogens with zero attached hydrogens (tertiary/aromatic N) is 2. The molecule has 0 fully saturated rings. The van der Waals surface area contributed by atoms with E-state index in [0.29, 0.717) is 12.0 Å². The lowest BCUT2D eigenvalue weighted by Gasteiger charge is -2.39. The van der Waals surface area contributed by atoms with Gasteiger partial charge >= 0.3 is 0 Å². The lowest BCUT2D eigenvalue weighted by Crippen LogP contribution is -2.35. The van der Waals surface area contributed by atoms with Crippen LogP contribution in [0.25, 0.3) is 0 Å². The van der Waals surface area contributed by atoms with Crippen molar-refractivity contribution in [2.45, 2.75) is 70.8 Å². The molecule has 2 heteroatoms. The van der Waals surface area contributed by atoms with Crippen molar-refractivity contribution in [3.8, 4) is 0 Å². The highest BCUT2D eigenvalue weighted by Crippen LogP contribution is 2.44. The van der Waals surface area contributed by atoms with Gasteiger partial charge in [0.05, 0.1) is 0 Å². The first-order valence-electron chi connectivity index (χ1n) is 10.7. The van der Waals surface area contributed by atoms with Gasteiger partial charge in [0, 0.05) is 29.8 Å². The summed E-state index contributed by atoms with van der Waals surface area (Å²) in [5, 5.41) is 0. The fourth-order valence-electron chi connectivity index (χ4n) is 4.44. The quantitative estimate of drug-likeness (QED) is 0.397. The molecule has 1 aromatic heterocycles. The maximum atomic E-state index is 4.89. The summed E-state index contributed by atoms with van der Waals surface area (Å²) in [4.78, 5) is 4.89. The van der Waals surface area contributed by atoms with E-state index < -0.39 is 0 Å². The number of imidazole rings is 1. The predicted octanol–water partition coefficient (Wildman–Crippen LogP) is 6.94. The highest BCUT2D eigenvalue weighted by atomic mass is 15.1. The SMILES string of the molecule is CCCCC(c1nccn1C(C)C)C(C)(Cc1ccccc1)c1ccccc1. The second-order valence-corrected chi connectivity index (χ2v) is 8.43. The molecule has 3 rings (SSSR count). The Hall–Kier alpha value is -2.35. The molecule has 28 heavy (non-hydrogen) atoms. The van der Waals surface area contributed by atoms with Gasteiger partial charge in [-0.1, -0.05) is 87.4 Å². The molecule has 0 aliphatic heterocycles. The topological polar surface area (TPSA) is 17.8 Å². The molecule has 0 saturated heterocycles. The number of unbranched alkanes of at least 4 members (excludes halogenated alkanes) is 1. The van der Waals surface area contributed by atoms with E-state index in [1.165, 1.54) is 29.8 Å². The van der Waals surface area contributed by atoms with Gasteiger partial charge in [-0.2, -0.15) is 0 Å². The molecular formula is C26H34N2. The summed E-state index contributed by atoms with van der Waals surface area (Å²) in [6.07, 6.45) is 8.70. The average Bonchev–Trinajstić information content (AvgIpc) is 3.19. The van der Waals surface area contributed by atoms with E-state index in [4.69, 9.17) is 4.98 Å². The minimum atomic E-state index is -0.0181. The van der Waals surface area contributed by atoms with Crippen LogP contribution in [0.4, 0.5) is 0 Å². The van der Waals surface area contributed by atoms with Gasteiger partial charge in [-0.15, -0.1) is 0 Å². The molecule has 1 heterocycles. The van der Waals surface area contributed by atoms with E-state index in [0.717, 1.165) is 12.8 Å². The molecule has 148 valence electrons. The zero-order valence-corrected chi connectivity index (χ0v) is 17.8. The van der Waals surface area contributed by atoms with Crippen molar-refractivity contribution < 1.29 is 0 Å². The third-order valence-electron chi connectivity index (χ3n) is 6.03. The summed E-state index contributed by atoms with van der Waals surface area (Å²) in [6, 6.07) is 22.4. The van der Waals surface area contributed by atoms with E-state index in [-0.39, 0.29) is 5.41 Å². The minimum Gasteiger partial charge on any atom is -0.332 e. The largest absolute Gasteiger partial charge is 0.332 e. The van der Waals surface area contributed by atoms with Crippen molar-refractivity contribution in [3.05, 3.63) is 90.0 Å². The van der Waals surface area contributed by atoms with Crippen LogP contribution in [0.15, 0.2) is 73.1 Å². The van der Waals surface area contributed by atoms with Gasteiger partial charge in [0.2, 0.25) is 0 Å². The summed E-state index contributed by atoms with van der Waals surface area (Å²) in [6.45, 7) is 9.22. The zero-order valence-electron chi connectivity index (χ0n) is 17.8. The van der Waals surface area contributed by atoms with Crippen molar-refractivity contribution in [3.63, 3.8) is 0 Å². The molecule has 0 amide bonds. The Morgan fingerprint density at radius 1 is 0.964 bits per heavy atom. The fraction of sp³-hybridized carbons (Fsp3) is 0.423. The van der Waals surface area contributed by atoms with Crippen molar-refractivity contribution in [2.75, 3.05) is 0 Å². The van der Waals surface area contributed by atoms with Gasteiger partial charge in [-0.3, -0.25) is 0 Å². The Morgan fingerprint density at radius 3 is 2.21 bits per heavy atom. The lowest BCUT2D eigenvalue weighted by molar-refractivity contribution is 0.321. The van der Waals surface area contributed by atoms with E-state index in [1.807, 2.05) is 6.20 Å². The van der Waals surface area contributed by atoms with Crippen molar-refractivity contribution in [1.29, 1.82) is 0 Å². The second kappa shape index (κ2) is 9.23. The Kier molecular flexibility index (Phi) is 6.72.